The molecule has 1 amide bonds. The molecule has 0 spiro atoms. The minimum Gasteiger partial charge on any atom is -0.466 e. The molecule has 1 aliphatic heterocycles. The molecule has 26 heavy (non-hydrogen) atoms. The van der Waals surface area contributed by atoms with Crippen LogP contribution in [-0.4, -0.2) is 58.7 Å². The third-order valence-corrected chi connectivity index (χ3v) is 4.22. The number of ether oxygens (including phenoxy) is 1. The van der Waals surface area contributed by atoms with Gasteiger partial charge in [-0.3, -0.25) is 9.59 Å². The highest BCUT2D eigenvalue weighted by atomic mass is 16.5. The van der Waals surface area contributed by atoms with Crippen molar-refractivity contribution in [3.63, 3.8) is 0 Å². The zero-order chi connectivity index (χ0) is 18.8. The standard InChI is InChI=1S/C17H18N4O5/c1-9-3-4-10-13(18-8-19-15(10)23)12(9)20-14-11(17(25)26-2)7-21(5-6-22)16(14)24/h3-4,8,20,22H,5-7H2,1-2H3,(H,18,19,23). The van der Waals surface area contributed by atoms with Crippen LogP contribution in [0.25, 0.3) is 10.9 Å². The molecule has 1 aromatic heterocycles. The van der Waals surface area contributed by atoms with Gasteiger partial charge in [-0.05, 0) is 18.6 Å². The van der Waals surface area contributed by atoms with Gasteiger partial charge in [-0.25, -0.2) is 9.78 Å². The van der Waals surface area contributed by atoms with Crippen LogP contribution in [0.4, 0.5) is 5.69 Å². The Bertz CT molecular complexity index is 979. The number of nitrogens with one attached hydrogen (secondary N) is 2. The Morgan fingerprint density at radius 1 is 1.42 bits per heavy atom. The maximum Gasteiger partial charge on any atom is 0.337 e. The van der Waals surface area contributed by atoms with Gasteiger partial charge in [0.25, 0.3) is 11.5 Å². The molecule has 0 radical (unpaired) electrons. The normalized spacial score (nSPS) is 14.3. The van der Waals surface area contributed by atoms with E-state index in [0.717, 1.165) is 5.56 Å². The molecule has 0 saturated carbocycles. The van der Waals surface area contributed by atoms with Gasteiger partial charge >= 0.3 is 5.97 Å². The van der Waals surface area contributed by atoms with Crippen LogP contribution >= 0.6 is 0 Å². The number of anilines is 1. The summed E-state index contributed by atoms with van der Waals surface area (Å²) in [6.07, 6.45) is 1.28. The van der Waals surface area contributed by atoms with E-state index in [4.69, 9.17) is 9.84 Å². The lowest BCUT2D eigenvalue weighted by Crippen LogP contribution is -2.31. The first-order valence-electron chi connectivity index (χ1n) is 7.93. The average molecular weight is 358 g/mol. The minimum atomic E-state index is -0.634. The lowest BCUT2D eigenvalue weighted by Gasteiger charge is -2.16. The summed E-state index contributed by atoms with van der Waals surface area (Å²) in [4.78, 5) is 44.7. The Labute approximate surface area is 148 Å². The van der Waals surface area contributed by atoms with Crippen molar-refractivity contribution in [2.45, 2.75) is 6.92 Å². The molecular weight excluding hydrogens is 340 g/mol. The van der Waals surface area contributed by atoms with Gasteiger partial charge in [0.2, 0.25) is 0 Å². The number of fused-ring (bicyclic) bond motifs is 1. The molecule has 2 aromatic rings. The zero-order valence-electron chi connectivity index (χ0n) is 14.3. The molecule has 1 aromatic carbocycles. The number of benzene rings is 1. The van der Waals surface area contributed by atoms with Crippen molar-refractivity contribution < 1.29 is 19.4 Å². The molecular formula is C17H18N4O5. The third kappa shape index (κ3) is 2.93. The summed E-state index contributed by atoms with van der Waals surface area (Å²) in [5, 5.41) is 12.5. The fourth-order valence-corrected chi connectivity index (χ4v) is 2.87. The number of aromatic nitrogens is 2. The van der Waals surface area contributed by atoms with E-state index in [-0.39, 0.29) is 36.5 Å². The van der Waals surface area contributed by atoms with Gasteiger partial charge in [-0.1, -0.05) is 6.07 Å². The van der Waals surface area contributed by atoms with Crippen LogP contribution in [0.15, 0.2) is 34.5 Å². The number of methoxy groups -OCH3 is 1. The van der Waals surface area contributed by atoms with Crippen molar-refractivity contribution in [2.75, 3.05) is 32.1 Å². The van der Waals surface area contributed by atoms with Crippen molar-refractivity contribution in [3.8, 4) is 0 Å². The summed E-state index contributed by atoms with van der Waals surface area (Å²) >= 11 is 0. The lowest BCUT2D eigenvalue weighted by molar-refractivity contribution is -0.136. The summed E-state index contributed by atoms with van der Waals surface area (Å²) in [6, 6.07) is 3.37. The van der Waals surface area contributed by atoms with Crippen LogP contribution in [0.3, 0.4) is 0 Å². The zero-order valence-corrected chi connectivity index (χ0v) is 14.3. The maximum atomic E-state index is 12.6. The van der Waals surface area contributed by atoms with Gasteiger partial charge in [0, 0.05) is 6.54 Å². The molecule has 0 atom stereocenters. The van der Waals surface area contributed by atoms with Gasteiger partial charge in [-0.2, -0.15) is 0 Å². The Balaban J connectivity index is 2.11. The number of nitrogens with zero attached hydrogens (tertiary/aromatic N) is 2. The van der Waals surface area contributed by atoms with Crippen LogP contribution in [0.1, 0.15) is 5.56 Å². The van der Waals surface area contributed by atoms with Crippen molar-refractivity contribution in [2.24, 2.45) is 0 Å². The van der Waals surface area contributed by atoms with E-state index in [0.29, 0.717) is 16.6 Å². The van der Waals surface area contributed by atoms with Gasteiger partial charge in [0.1, 0.15) is 11.2 Å². The van der Waals surface area contributed by atoms with Crippen LogP contribution < -0.4 is 10.9 Å². The minimum absolute atomic E-state index is 0.0340. The first-order chi connectivity index (χ1) is 12.5. The largest absolute Gasteiger partial charge is 0.466 e. The van der Waals surface area contributed by atoms with Gasteiger partial charge < -0.3 is 25.0 Å². The highest BCUT2D eigenvalue weighted by Gasteiger charge is 2.35. The molecule has 9 nitrogen and oxygen atoms in total. The summed E-state index contributed by atoms with van der Waals surface area (Å²) in [5.41, 5.74) is 1.51. The SMILES string of the molecule is COC(=O)C1=C(Nc2c(C)ccc3c(=O)[nH]cnc23)C(=O)N(CCO)C1. The number of hydrogen-bond donors (Lipinski definition) is 3. The Hall–Kier alpha value is -3.20. The number of aryl methyl sites for hydroxylation is 1. The Morgan fingerprint density at radius 3 is 2.88 bits per heavy atom. The number of aliphatic hydroxyl groups excluding tert-OH is 1. The number of amides is 1. The summed E-state index contributed by atoms with van der Waals surface area (Å²) in [5.74, 6) is -1.06. The van der Waals surface area contributed by atoms with Crippen molar-refractivity contribution in [3.05, 3.63) is 45.6 Å². The number of carbonyl (C=O) groups is 2. The number of esters is 1. The molecule has 0 aliphatic carbocycles. The monoisotopic (exact) mass is 358 g/mol. The molecule has 0 bridgehead atoms. The molecule has 9 heteroatoms. The summed E-state index contributed by atoms with van der Waals surface area (Å²) in [6.45, 7) is 1.70. The van der Waals surface area contributed by atoms with Crippen molar-refractivity contribution >= 4 is 28.5 Å². The third-order valence-electron chi connectivity index (χ3n) is 4.22. The molecule has 0 fully saturated rings. The maximum absolute atomic E-state index is 12.6. The first kappa shape index (κ1) is 17.6. The molecule has 3 rings (SSSR count). The molecule has 0 saturated heterocycles. The molecule has 3 N–H and O–H groups in total. The second kappa shape index (κ2) is 6.96. The fraction of sp³-hybridized carbons (Fsp3) is 0.294. The number of rotatable bonds is 5. The van der Waals surface area contributed by atoms with E-state index in [1.807, 2.05) is 0 Å². The van der Waals surface area contributed by atoms with E-state index < -0.39 is 11.9 Å². The highest BCUT2D eigenvalue weighted by molar-refractivity contribution is 6.09. The van der Waals surface area contributed by atoms with Crippen LogP contribution in [0.5, 0.6) is 0 Å². The van der Waals surface area contributed by atoms with Crippen LogP contribution in [0.2, 0.25) is 0 Å². The predicted molar refractivity (Wildman–Crippen MR) is 93.4 cm³/mol. The van der Waals surface area contributed by atoms with E-state index in [1.165, 1.54) is 18.3 Å². The second-order valence-corrected chi connectivity index (χ2v) is 5.81. The molecule has 2 heterocycles. The van der Waals surface area contributed by atoms with Crippen LogP contribution in [0, 0.1) is 6.92 Å². The molecule has 0 unspecified atom stereocenters. The summed E-state index contributed by atoms with van der Waals surface area (Å²) in [7, 11) is 1.23. The number of H-pyrrole nitrogens is 1. The fourth-order valence-electron chi connectivity index (χ4n) is 2.87. The number of carbonyl (C=O) groups excluding carboxylic acids is 2. The van der Waals surface area contributed by atoms with Crippen LogP contribution in [-0.2, 0) is 14.3 Å². The van der Waals surface area contributed by atoms with E-state index in [1.54, 1.807) is 19.1 Å². The second-order valence-electron chi connectivity index (χ2n) is 5.81. The highest BCUT2D eigenvalue weighted by Crippen LogP contribution is 2.28. The summed E-state index contributed by atoms with van der Waals surface area (Å²) < 4.78 is 4.76. The van der Waals surface area contributed by atoms with E-state index in [2.05, 4.69) is 15.3 Å². The Morgan fingerprint density at radius 2 is 2.19 bits per heavy atom. The quantitative estimate of drug-likeness (QED) is 0.638. The van der Waals surface area contributed by atoms with Gasteiger partial charge in [0.15, 0.2) is 0 Å². The van der Waals surface area contributed by atoms with Gasteiger partial charge in [-0.15, -0.1) is 0 Å². The van der Waals surface area contributed by atoms with Crippen molar-refractivity contribution in [1.82, 2.24) is 14.9 Å². The first-order valence-corrected chi connectivity index (χ1v) is 7.93. The number of aliphatic hydroxyl groups is 1. The van der Waals surface area contributed by atoms with Gasteiger partial charge in [0.05, 0.1) is 43.2 Å². The molecule has 136 valence electrons. The predicted octanol–water partition coefficient (Wildman–Crippen LogP) is -0.0950. The average Bonchev–Trinajstić information content (AvgIpc) is 2.93. The topological polar surface area (TPSA) is 125 Å². The number of hydrogen-bond acceptors (Lipinski definition) is 7. The lowest BCUT2D eigenvalue weighted by atomic mass is 10.1. The molecule has 1 aliphatic rings. The van der Waals surface area contributed by atoms with E-state index >= 15 is 0 Å². The smallest absolute Gasteiger partial charge is 0.337 e. The number of β-amino-alcohol motifs (C(OH)–C–C–N with tert-alkyl or cyclic N) is 1. The Kier molecular flexibility index (Phi) is 4.72. The van der Waals surface area contributed by atoms with Crippen molar-refractivity contribution in [1.29, 1.82) is 0 Å². The van der Waals surface area contributed by atoms with E-state index in [9.17, 15) is 14.4 Å². The number of aromatic amines is 1.